The van der Waals surface area contributed by atoms with Crippen LogP contribution in [0.5, 0.6) is 0 Å². The van der Waals surface area contributed by atoms with Gasteiger partial charge in [0.05, 0.1) is 0 Å². The van der Waals surface area contributed by atoms with Gasteiger partial charge in [0.25, 0.3) is 0 Å². The van der Waals surface area contributed by atoms with Crippen LogP contribution in [0.4, 0.5) is 0 Å². The maximum Gasteiger partial charge on any atom is 0.222 e. The van der Waals surface area contributed by atoms with Crippen molar-refractivity contribution < 1.29 is 9.90 Å². The molecule has 2 aliphatic rings. The van der Waals surface area contributed by atoms with E-state index in [0.29, 0.717) is 24.4 Å². The van der Waals surface area contributed by atoms with Crippen LogP contribution < -0.4 is 0 Å². The quantitative estimate of drug-likeness (QED) is 0.687. The van der Waals surface area contributed by atoms with Crippen LogP contribution in [0.25, 0.3) is 0 Å². The molecule has 74 valence electrons. The number of rotatable bonds is 2. The molecule has 3 unspecified atom stereocenters. The van der Waals surface area contributed by atoms with E-state index in [1.807, 2.05) is 11.8 Å². The Kier molecular flexibility index (Phi) is 2.28. The van der Waals surface area contributed by atoms with Gasteiger partial charge in [-0.1, -0.05) is 6.92 Å². The lowest BCUT2D eigenvalue weighted by atomic mass is 9.90. The van der Waals surface area contributed by atoms with Crippen LogP contribution in [0, 0.1) is 5.92 Å². The lowest BCUT2D eigenvalue weighted by Gasteiger charge is -2.23. The Morgan fingerprint density at radius 2 is 2.31 bits per heavy atom. The molecule has 2 saturated heterocycles. The highest BCUT2D eigenvalue weighted by Gasteiger charge is 2.47. The summed E-state index contributed by atoms with van der Waals surface area (Å²) in [5.74, 6) is 0.623. The maximum absolute atomic E-state index is 11.6. The highest BCUT2D eigenvalue weighted by Crippen LogP contribution is 2.41. The van der Waals surface area contributed by atoms with Crippen molar-refractivity contribution in [3.8, 4) is 0 Å². The van der Waals surface area contributed by atoms with E-state index in [2.05, 4.69) is 0 Å². The normalized spacial score (nSPS) is 37.1. The van der Waals surface area contributed by atoms with Crippen LogP contribution in [-0.4, -0.2) is 34.6 Å². The summed E-state index contributed by atoms with van der Waals surface area (Å²) in [5.41, 5.74) is 0. The maximum atomic E-state index is 11.6. The van der Waals surface area contributed by atoms with Crippen LogP contribution in [-0.2, 0) is 4.79 Å². The van der Waals surface area contributed by atoms with Gasteiger partial charge in [0.15, 0.2) is 0 Å². The number of carbonyl (C=O) groups excluding carboxylic acids is 1. The van der Waals surface area contributed by atoms with E-state index in [1.54, 1.807) is 0 Å². The number of aliphatic hydroxyl groups is 1. The molecule has 0 aromatic rings. The third-order valence-corrected chi connectivity index (χ3v) is 3.49. The third kappa shape index (κ3) is 1.26. The topological polar surface area (TPSA) is 40.5 Å². The zero-order valence-corrected chi connectivity index (χ0v) is 8.07. The molecule has 1 amide bonds. The molecular weight excluding hydrogens is 166 g/mol. The molecule has 0 spiro atoms. The second kappa shape index (κ2) is 3.29. The van der Waals surface area contributed by atoms with Crippen molar-refractivity contribution in [1.82, 2.24) is 4.90 Å². The Morgan fingerprint density at radius 3 is 2.85 bits per heavy atom. The highest BCUT2D eigenvalue weighted by atomic mass is 16.3. The molecule has 1 N–H and O–H groups in total. The summed E-state index contributed by atoms with van der Waals surface area (Å²) < 4.78 is 0. The number of hydrogen-bond acceptors (Lipinski definition) is 2. The minimum absolute atomic E-state index is 0.245. The molecule has 2 aliphatic heterocycles. The predicted octanol–water partition coefficient (Wildman–Crippen LogP) is 0.768. The molecule has 3 heteroatoms. The lowest BCUT2D eigenvalue weighted by molar-refractivity contribution is -0.132. The fourth-order valence-corrected chi connectivity index (χ4v) is 2.88. The Balaban J connectivity index is 2.10. The van der Waals surface area contributed by atoms with Crippen molar-refractivity contribution >= 4 is 5.91 Å². The summed E-state index contributed by atoms with van der Waals surface area (Å²) >= 11 is 0. The lowest BCUT2D eigenvalue weighted by Crippen LogP contribution is -2.36. The molecule has 2 heterocycles. The molecule has 2 rings (SSSR count). The Labute approximate surface area is 78.7 Å². The summed E-state index contributed by atoms with van der Waals surface area (Å²) in [6.07, 6.45) is 3.87. The van der Waals surface area contributed by atoms with Crippen LogP contribution in [0.3, 0.4) is 0 Å². The van der Waals surface area contributed by atoms with Crippen LogP contribution >= 0.6 is 0 Å². The first-order valence-corrected chi connectivity index (χ1v) is 5.20. The number of nitrogens with zero attached hydrogens (tertiary/aromatic N) is 1. The number of amides is 1. The van der Waals surface area contributed by atoms with E-state index in [4.69, 9.17) is 5.11 Å². The van der Waals surface area contributed by atoms with E-state index in [-0.39, 0.29) is 12.5 Å². The summed E-state index contributed by atoms with van der Waals surface area (Å²) in [6.45, 7) is 2.16. The van der Waals surface area contributed by atoms with E-state index in [1.165, 1.54) is 0 Å². The summed E-state index contributed by atoms with van der Waals surface area (Å²) in [5, 5.41) is 9.12. The SMILES string of the molecule is CCC(=O)N1C2CCC1C(CO)C2. The van der Waals surface area contributed by atoms with Gasteiger partial charge in [0.2, 0.25) is 5.91 Å². The minimum atomic E-state index is 0.245. The standard InChI is InChI=1S/C10H17NO2/c1-2-10(13)11-8-3-4-9(11)7(5-8)6-12/h7-9,12H,2-6H2,1H3. The van der Waals surface area contributed by atoms with E-state index in [9.17, 15) is 4.79 Å². The van der Waals surface area contributed by atoms with Gasteiger partial charge in [-0.3, -0.25) is 4.79 Å². The van der Waals surface area contributed by atoms with Crippen molar-refractivity contribution in [2.45, 2.75) is 44.7 Å². The van der Waals surface area contributed by atoms with Gasteiger partial charge >= 0.3 is 0 Å². The average Bonchev–Trinajstić information content (AvgIpc) is 2.72. The van der Waals surface area contributed by atoms with Crippen LogP contribution in [0.15, 0.2) is 0 Å². The van der Waals surface area contributed by atoms with Gasteiger partial charge in [0, 0.05) is 31.0 Å². The van der Waals surface area contributed by atoms with Gasteiger partial charge in [0.1, 0.15) is 0 Å². The van der Waals surface area contributed by atoms with Crippen LogP contribution in [0.2, 0.25) is 0 Å². The first-order valence-electron chi connectivity index (χ1n) is 5.20. The van der Waals surface area contributed by atoms with Crippen molar-refractivity contribution in [2.24, 2.45) is 5.92 Å². The van der Waals surface area contributed by atoms with Gasteiger partial charge in [-0.05, 0) is 19.3 Å². The van der Waals surface area contributed by atoms with Gasteiger partial charge in [-0.15, -0.1) is 0 Å². The molecule has 2 bridgehead atoms. The van der Waals surface area contributed by atoms with Crippen molar-refractivity contribution in [1.29, 1.82) is 0 Å². The molecule has 0 aromatic heterocycles. The molecule has 0 saturated carbocycles. The molecule has 0 radical (unpaired) electrons. The number of aliphatic hydroxyl groups excluding tert-OH is 1. The van der Waals surface area contributed by atoms with Gasteiger partial charge in [-0.25, -0.2) is 0 Å². The number of hydrogen-bond donors (Lipinski definition) is 1. The number of carbonyl (C=O) groups is 1. The molecule has 13 heavy (non-hydrogen) atoms. The fourth-order valence-electron chi connectivity index (χ4n) is 2.88. The Morgan fingerprint density at radius 1 is 1.54 bits per heavy atom. The summed E-state index contributed by atoms with van der Waals surface area (Å²) in [7, 11) is 0. The molecule has 2 fully saturated rings. The summed E-state index contributed by atoms with van der Waals surface area (Å²) in [6, 6.07) is 0.789. The van der Waals surface area contributed by atoms with Crippen molar-refractivity contribution in [2.75, 3.05) is 6.61 Å². The molecular formula is C10H17NO2. The predicted molar refractivity (Wildman–Crippen MR) is 49.1 cm³/mol. The molecule has 0 aromatic carbocycles. The molecule has 0 aliphatic carbocycles. The van der Waals surface area contributed by atoms with Gasteiger partial charge < -0.3 is 10.0 Å². The van der Waals surface area contributed by atoms with Crippen molar-refractivity contribution in [3.63, 3.8) is 0 Å². The summed E-state index contributed by atoms with van der Waals surface area (Å²) in [4.78, 5) is 13.6. The average molecular weight is 183 g/mol. The van der Waals surface area contributed by atoms with Gasteiger partial charge in [-0.2, -0.15) is 0 Å². The second-order valence-corrected chi connectivity index (χ2v) is 4.13. The fraction of sp³-hybridized carbons (Fsp3) is 0.900. The molecule has 3 nitrogen and oxygen atoms in total. The Bertz CT molecular complexity index is 217. The largest absolute Gasteiger partial charge is 0.396 e. The highest BCUT2D eigenvalue weighted by molar-refractivity contribution is 5.77. The van der Waals surface area contributed by atoms with E-state index in [0.717, 1.165) is 19.3 Å². The first kappa shape index (κ1) is 9.00. The molecule has 3 atom stereocenters. The van der Waals surface area contributed by atoms with E-state index >= 15 is 0 Å². The van der Waals surface area contributed by atoms with Crippen molar-refractivity contribution in [3.05, 3.63) is 0 Å². The minimum Gasteiger partial charge on any atom is -0.396 e. The first-order chi connectivity index (χ1) is 6.27. The van der Waals surface area contributed by atoms with Crippen LogP contribution in [0.1, 0.15) is 32.6 Å². The third-order valence-electron chi connectivity index (χ3n) is 3.49. The number of fused-ring (bicyclic) bond motifs is 2. The smallest absolute Gasteiger partial charge is 0.222 e. The zero-order chi connectivity index (χ0) is 9.42. The Hall–Kier alpha value is -0.570. The van der Waals surface area contributed by atoms with E-state index < -0.39 is 0 Å². The second-order valence-electron chi connectivity index (χ2n) is 4.13. The zero-order valence-electron chi connectivity index (χ0n) is 8.07. The monoisotopic (exact) mass is 183 g/mol.